The van der Waals surface area contributed by atoms with Crippen molar-refractivity contribution >= 4 is 10.9 Å². The molecule has 3 nitrogen and oxygen atoms in total. The van der Waals surface area contributed by atoms with Gasteiger partial charge >= 0.3 is 0 Å². The largest absolute Gasteiger partial charge is 0.385 e. The van der Waals surface area contributed by atoms with Crippen molar-refractivity contribution in [2.75, 3.05) is 13.2 Å². The number of rotatable bonds is 1. The molecule has 3 rings (SSSR count). The fourth-order valence-electron chi connectivity index (χ4n) is 2.36. The summed E-state index contributed by atoms with van der Waals surface area (Å²) in [6.07, 6.45) is 3.11. The summed E-state index contributed by atoms with van der Waals surface area (Å²) in [5.41, 5.74) is 1.20. The van der Waals surface area contributed by atoms with E-state index in [4.69, 9.17) is 4.74 Å². The Bertz CT molecular complexity index is 532. The van der Waals surface area contributed by atoms with Crippen LogP contribution in [-0.4, -0.2) is 23.3 Å². The quantitative estimate of drug-likeness (QED) is 0.815. The molecule has 88 valence electrons. The predicted molar refractivity (Wildman–Crippen MR) is 65.7 cm³/mol. The van der Waals surface area contributed by atoms with Crippen molar-refractivity contribution in [3.63, 3.8) is 0 Å². The number of hydrogen-bond acceptors (Lipinski definition) is 3. The molecular formula is C14H15NO2. The number of hydrogen-bond donors (Lipinski definition) is 1. The fourth-order valence-corrected chi connectivity index (χ4v) is 2.36. The molecule has 17 heavy (non-hydrogen) atoms. The van der Waals surface area contributed by atoms with Crippen molar-refractivity contribution in [1.82, 2.24) is 4.98 Å². The summed E-state index contributed by atoms with van der Waals surface area (Å²) < 4.78 is 5.30. The maximum atomic E-state index is 10.6. The van der Waals surface area contributed by atoms with Crippen molar-refractivity contribution < 1.29 is 9.84 Å². The van der Waals surface area contributed by atoms with E-state index in [9.17, 15) is 5.11 Å². The Balaban J connectivity index is 2.05. The highest BCUT2D eigenvalue weighted by molar-refractivity contribution is 5.79. The zero-order chi connectivity index (χ0) is 11.7. The second kappa shape index (κ2) is 4.09. The van der Waals surface area contributed by atoms with E-state index in [1.165, 1.54) is 0 Å². The molecule has 1 N–H and O–H groups in total. The van der Waals surface area contributed by atoms with Crippen LogP contribution in [-0.2, 0) is 10.3 Å². The van der Waals surface area contributed by atoms with E-state index in [0.29, 0.717) is 26.1 Å². The molecule has 2 aromatic rings. The van der Waals surface area contributed by atoms with Gasteiger partial charge in [-0.1, -0.05) is 12.1 Å². The monoisotopic (exact) mass is 229 g/mol. The Morgan fingerprint density at radius 1 is 1.18 bits per heavy atom. The Kier molecular flexibility index (Phi) is 2.57. The summed E-state index contributed by atoms with van der Waals surface area (Å²) in [6.45, 7) is 1.25. The first-order valence-electron chi connectivity index (χ1n) is 5.93. The summed E-state index contributed by atoms with van der Waals surface area (Å²) in [5.74, 6) is 0. The minimum atomic E-state index is -0.734. The van der Waals surface area contributed by atoms with Gasteiger partial charge in [0.2, 0.25) is 0 Å². The standard InChI is InChI=1S/C14H15NO2/c16-14(5-8-17-9-6-14)12-3-4-13-11(10-12)2-1-7-15-13/h1-4,7,10,16H,5-6,8-9H2. The number of fused-ring (bicyclic) bond motifs is 1. The van der Waals surface area contributed by atoms with Gasteiger partial charge in [-0.3, -0.25) is 4.98 Å². The number of nitrogens with zero attached hydrogens (tertiary/aromatic N) is 1. The van der Waals surface area contributed by atoms with E-state index in [1.54, 1.807) is 6.20 Å². The highest BCUT2D eigenvalue weighted by Gasteiger charge is 2.31. The fraction of sp³-hybridized carbons (Fsp3) is 0.357. The van der Waals surface area contributed by atoms with Crippen molar-refractivity contribution in [2.24, 2.45) is 0 Å². The van der Waals surface area contributed by atoms with Crippen LogP contribution in [0.1, 0.15) is 18.4 Å². The number of ether oxygens (including phenoxy) is 1. The van der Waals surface area contributed by atoms with Gasteiger partial charge in [-0.25, -0.2) is 0 Å². The van der Waals surface area contributed by atoms with Crippen LogP contribution >= 0.6 is 0 Å². The molecule has 1 aliphatic heterocycles. The van der Waals surface area contributed by atoms with Crippen LogP contribution in [0.25, 0.3) is 10.9 Å². The van der Waals surface area contributed by atoms with Crippen LogP contribution in [0.2, 0.25) is 0 Å². The molecule has 0 bridgehead atoms. The van der Waals surface area contributed by atoms with Gasteiger partial charge < -0.3 is 9.84 Å². The molecule has 3 heteroatoms. The lowest BCUT2D eigenvalue weighted by Crippen LogP contribution is -2.33. The Hall–Kier alpha value is -1.45. The Morgan fingerprint density at radius 3 is 2.82 bits per heavy atom. The molecule has 0 saturated carbocycles. The topological polar surface area (TPSA) is 42.4 Å². The third kappa shape index (κ3) is 1.92. The van der Waals surface area contributed by atoms with Gasteiger partial charge in [0.25, 0.3) is 0 Å². The van der Waals surface area contributed by atoms with Gasteiger partial charge in [0.15, 0.2) is 0 Å². The van der Waals surface area contributed by atoms with Crippen molar-refractivity contribution in [2.45, 2.75) is 18.4 Å². The molecule has 0 unspecified atom stereocenters. The molecule has 1 aromatic carbocycles. The van der Waals surface area contributed by atoms with Crippen molar-refractivity contribution in [3.05, 3.63) is 42.1 Å². The van der Waals surface area contributed by atoms with Gasteiger partial charge in [-0.15, -0.1) is 0 Å². The number of pyridine rings is 1. The molecule has 0 aliphatic carbocycles. The molecule has 0 atom stereocenters. The number of benzene rings is 1. The molecule has 1 fully saturated rings. The van der Waals surface area contributed by atoms with E-state index in [0.717, 1.165) is 16.5 Å². The first-order chi connectivity index (χ1) is 8.28. The molecular weight excluding hydrogens is 214 g/mol. The molecule has 0 spiro atoms. The maximum Gasteiger partial charge on any atom is 0.0940 e. The highest BCUT2D eigenvalue weighted by Crippen LogP contribution is 2.33. The summed E-state index contributed by atoms with van der Waals surface area (Å²) in [5, 5.41) is 11.7. The van der Waals surface area contributed by atoms with Gasteiger partial charge in [0, 0.05) is 37.6 Å². The molecule has 2 heterocycles. The van der Waals surface area contributed by atoms with Crippen LogP contribution in [0.4, 0.5) is 0 Å². The number of aliphatic hydroxyl groups is 1. The van der Waals surface area contributed by atoms with Gasteiger partial charge in [0.05, 0.1) is 11.1 Å². The van der Waals surface area contributed by atoms with Gasteiger partial charge in [-0.05, 0) is 23.8 Å². The average Bonchev–Trinajstić information content (AvgIpc) is 2.39. The normalized spacial score (nSPS) is 19.4. The van der Waals surface area contributed by atoms with E-state index in [-0.39, 0.29) is 0 Å². The Morgan fingerprint density at radius 2 is 2.00 bits per heavy atom. The van der Waals surface area contributed by atoms with E-state index in [1.807, 2.05) is 30.3 Å². The third-order valence-corrected chi connectivity index (χ3v) is 3.46. The van der Waals surface area contributed by atoms with Crippen LogP contribution in [0.5, 0.6) is 0 Å². The van der Waals surface area contributed by atoms with Gasteiger partial charge in [-0.2, -0.15) is 0 Å². The third-order valence-electron chi connectivity index (χ3n) is 3.46. The van der Waals surface area contributed by atoms with E-state index in [2.05, 4.69) is 4.98 Å². The van der Waals surface area contributed by atoms with Crippen LogP contribution in [0.3, 0.4) is 0 Å². The molecule has 1 aliphatic rings. The molecule has 0 radical (unpaired) electrons. The molecule has 1 aromatic heterocycles. The van der Waals surface area contributed by atoms with E-state index < -0.39 is 5.60 Å². The maximum absolute atomic E-state index is 10.6. The summed E-state index contributed by atoms with van der Waals surface area (Å²) in [6, 6.07) is 9.92. The lowest BCUT2D eigenvalue weighted by atomic mass is 9.86. The molecule has 0 amide bonds. The Labute approximate surface area is 100 Å². The van der Waals surface area contributed by atoms with Crippen LogP contribution in [0, 0.1) is 0 Å². The van der Waals surface area contributed by atoms with E-state index >= 15 is 0 Å². The first kappa shape index (κ1) is 10.7. The minimum Gasteiger partial charge on any atom is -0.385 e. The van der Waals surface area contributed by atoms with Crippen molar-refractivity contribution in [3.8, 4) is 0 Å². The van der Waals surface area contributed by atoms with Gasteiger partial charge in [0.1, 0.15) is 0 Å². The van der Waals surface area contributed by atoms with Crippen LogP contribution < -0.4 is 0 Å². The predicted octanol–water partition coefficient (Wildman–Crippen LogP) is 2.23. The zero-order valence-corrected chi connectivity index (χ0v) is 9.60. The average molecular weight is 229 g/mol. The second-order valence-corrected chi connectivity index (χ2v) is 4.55. The van der Waals surface area contributed by atoms with Crippen LogP contribution in [0.15, 0.2) is 36.5 Å². The lowest BCUT2D eigenvalue weighted by Gasteiger charge is -2.32. The summed E-state index contributed by atoms with van der Waals surface area (Å²) in [7, 11) is 0. The summed E-state index contributed by atoms with van der Waals surface area (Å²) in [4.78, 5) is 4.28. The first-order valence-corrected chi connectivity index (χ1v) is 5.93. The summed E-state index contributed by atoms with van der Waals surface area (Å²) >= 11 is 0. The highest BCUT2D eigenvalue weighted by atomic mass is 16.5. The zero-order valence-electron chi connectivity index (χ0n) is 9.60. The number of aromatic nitrogens is 1. The SMILES string of the molecule is OC1(c2ccc3ncccc3c2)CCOCC1. The molecule has 1 saturated heterocycles. The minimum absolute atomic E-state index is 0.627. The second-order valence-electron chi connectivity index (χ2n) is 4.55. The van der Waals surface area contributed by atoms with Crippen molar-refractivity contribution in [1.29, 1.82) is 0 Å². The lowest BCUT2D eigenvalue weighted by molar-refractivity contribution is -0.0678. The smallest absolute Gasteiger partial charge is 0.0940 e.